The summed E-state index contributed by atoms with van der Waals surface area (Å²) in [6.07, 6.45) is 6.65. The zero-order chi connectivity index (χ0) is 40.7. The van der Waals surface area contributed by atoms with Crippen molar-refractivity contribution in [2.24, 2.45) is 11.8 Å². The van der Waals surface area contributed by atoms with Crippen LogP contribution in [0, 0.1) is 24.8 Å². The number of hydrogen-bond acceptors (Lipinski definition) is 4. The summed E-state index contributed by atoms with van der Waals surface area (Å²) < 4.78 is 26.4. The van der Waals surface area contributed by atoms with Gasteiger partial charge in [0.1, 0.15) is 0 Å². The minimum Gasteiger partial charge on any atom is -0.512 e. The molecule has 2 aromatic heterocycles. The molecular weight excluding hydrogens is 863 g/mol. The van der Waals surface area contributed by atoms with Gasteiger partial charge >= 0.3 is 0 Å². The molecule has 5 aromatic rings. The summed E-state index contributed by atoms with van der Waals surface area (Å²) in [5, 5.41) is 14.2. The summed E-state index contributed by atoms with van der Waals surface area (Å²) in [5.74, 6) is 0.547. The van der Waals surface area contributed by atoms with Gasteiger partial charge in [0.05, 0.1) is 13.8 Å². The van der Waals surface area contributed by atoms with Crippen molar-refractivity contribution in [2.75, 3.05) is 0 Å². The molecule has 1 N–H and O–H groups in total. The van der Waals surface area contributed by atoms with Gasteiger partial charge in [0.2, 0.25) is 0 Å². The quantitative estimate of drug-likeness (QED) is 0.0554. The Bertz CT molecular complexity index is 2080. The number of aliphatic hydroxyl groups excluding tert-OH is 1. The van der Waals surface area contributed by atoms with E-state index in [0.717, 1.165) is 62.9 Å². The molecule has 6 heteroatoms. The second-order valence-corrected chi connectivity index (χ2v) is 21.4. The van der Waals surface area contributed by atoms with Gasteiger partial charge in [-0.15, -0.1) is 40.5 Å². The Morgan fingerprint density at radius 3 is 2.04 bits per heavy atom. The van der Waals surface area contributed by atoms with Crippen LogP contribution in [-0.4, -0.2) is 23.9 Å². The van der Waals surface area contributed by atoms with Crippen molar-refractivity contribution in [3.63, 3.8) is 0 Å². The fourth-order valence-corrected chi connectivity index (χ4v) is 12.3. The zero-order valence-corrected chi connectivity index (χ0v) is 37.8. The summed E-state index contributed by atoms with van der Waals surface area (Å²) in [6.45, 7) is 19.4. The third kappa shape index (κ3) is 9.86. The first-order chi connectivity index (χ1) is 26.0. The minimum atomic E-state index is -2.25. The molecule has 287 valence electrons. The molecule has 0 unspecified atom stereocenters. The van der Waals surface area contributed by atoms with E-state index in [1.54, 1.807) is 17.5 Å². The number of fused-ring (bicyclic) bond motifs is 2. The van der Waals surface area contributed by atoms with E-state index in [0.29, 0.717) is 5.56 Å². The van der Waals surface area contributed by atoms with Crippen LogP contribution in [0.3, 0.4) is 0 Å². The number of allylic oxidation sites excluding steroid dienone is 2. The van der Waals surface area contributed by atoms with Crippen LogP contribution < -0.4 is 5.19 Å². The minimum absolute atomic E-state index is 0. The molecule has 5 rings (SSSR count). The van der Waals surface area contributed by atoms with Crippen molar-refractivity contribution < 1.29 is 34.1 Å². The van der Waals surface area contributed by atoms with Gasteiger partial charge < -0.3 is 5.11 Å². The number of aliphatic hydroxyl groups is 1. The standard InChI is InChI=1S/C34H38NSSi.C13H24O2.Ir/c1-8-37(9-2,10-3)27-17-15-24(16-18-27)32-23(4)28-19-20-35-31(33(28)36-32)26-21-25-13-11-12-14-29(25)30(22-26)34(5,6)7;1-5-10(6-2)12(14)9-13(15)11(7-3)8-4;/h11-20,22H,8-10H2,1-7H3;9-11,14H,5-8H2,1-4H3;/q-1;;/b;12-9-;/i4D3;;. The van der Waals surface area contributed by atoms with Crippen molar-refractivity contribution in [1.29, 1.82) is 0 Å². The van der Waals surface area contributed by atoms with Crippen molar-refractivity contribution >= 4 is 51.2 Å². The predicted octanol–water partition coefficient (Wildman–Crippen LogP) is 13.8. The van der Waals surface area contributed by atoms with E-state index in [9.17, 15) is 9.90 Å². The third-order valence-electron chi connectivity index (χ3n) is 11.3. The summed E-state index contributed by atoms with van der Waals surface area (Å²) in [6, 6.07) is 28.5. The maximum absolute atomic E-state index is 11.7. The molecule has 0 saturated carbocycles. The second-order valence-electron chi connectivity index (χ2n) is 15.2. The SMILES string of the molecule is CCC(CC)C(=O)/C=C(\O)C(CC)CC.[2H]C([2H])([2H])c1c(-c2ccc([Si](CC)(CC)CC)cc2)sc2c(-c3[c-]c4ccccc4c(C(C)(C)C)c3)nccc12.[Ir]. The van der Waals surface area contributed by atoms with Gasteiger partial charge in [-0.25, -0.2) is 0 Å². The van der Waals surface area contributed by atoms with Crippen LogP contribution in [-0.2, 0) is 30.3 Å². The summed E-state index contributed by atoms with van der Waals surface area (Å²) in [4.78, 5) is 17.3. The molecule has 0 atom stereocenters. The van der Waals surface area contributed by atoms with Gasteiger partial charge in [0.25, 0.3) is 0 Å². The zero-order valence-electron chi connectivity index (χ0n) is 36.6. The maximum atomic E-state index is 11.7. The molecule has 0 saturated heterocycles. The Kier molecular flexibility index (Phi) is 14.7. The average Bonchev–Trinajstić information content (AvgIpc) is 3.57. The summed E-state index contributed by atoms with van der Waals surface area (Å²) in [5.41, 5.74) is 4.24. The van der Waals surface area contributed by atoms with Gasteiger partial charge in [-0.2, -0.15) is 0 Å². The van der Waals surface area contributed by atoms with Gasteiger partial charge in [-0.3, -0.25) is 9.78 Å². The maximum Gasteiger partial charge on any atom is 0.162 e. The number of aryl methyl sites for hydroxylation is 1. The molecule has 0 aliphatic rings. The van der Waals surface area contributed by atoms with Crippen molar-refractivity contribution in [1.82, 2.24) is 4.98 Å². The molecule has 0 spiro atoms. The van der Waals surface area contributed by atoms with Crippen LogP contribution in [0.4, 0.5) is 0 Å². The molecule has 0 amide bonds. The third-order valence-corrected chi connectivity index (χ3v) is 18.2. The molecule has 0 bridgehead atoms. The number of rotatable bonds is 13. The van der Waals surface area contributed by atoms with Gasteiger partial charge in [-0.05, 0) is 60.5 Å². The van der Waals surface area contributed by atoms with Crippen molar-refractivity contribution in [3.8, 4) is 21.7 Å². The Morgan fingerprint density at radius 2 is 1.49 bits per heavy atom. The molecule has 2 heterocycles. The van der Waals surface area contributed by atoms with Crippen molar-refractivity contribution in [3.05, 3.63) is 95.9 Å². The smallest absolute Gasteiger partial charge is 0.162 e. The van der Waals surface area contributed by atoms with Crippen molar-refractivity contribution in [2.45, 2.75) is 125 Å². The monoisotopic (exact) mass is 928 g/mol. The topological polar surface area (TPSA) is 50.2 Å². The fourth-order valence-electron chi connectivity index (χ4n) is 7.51. The Balaban J connectivity index is 0.000000448. The van der Waals surface area contributed by atoms with Crippen LogP contribution in [0.5, 0.6) is 0 Å². The molecule has 0 aliphatic heterocycles. The first-order valence-electron chi connectivity index (χ1n) is 21.0. The van der Waals surface area contributed by atoms with E-state index in [2.05, 4.69) is 96.1 Å². The normalized spacial score (nSPS) is 13.4. The van der Waals surface area contributed by atoms with Gasteiger partial charge in [-0.1, -0.05) is 146 Å². The number of hydrogen-bond donors (Lipinski definition) is 1. The van der Waals surface area contributed by atoms with Crippen LogP contribution in [0.1, 0.15) is 110 Å². The summed E-state index contributed by atoms with van der Waals surface area (Å²) in [7, 11) is -1.52. The summed E-state index contributed by atoms with van der Waals surface area (Å²) >= 11 is 1.54. The van der Waals surface area contributed by atoms with Gasteiger partial charge in [0, 0.05) is 63.6 Å². The van der Waals surface area contributed by atoms with E-state index in [1.807, 2.05) is 39.8 Å². The van der Waals surface area contributed by atoms with E-state index in [4.69, 9.17) is 9.10 Å². The Labute approximate surface area is 343 Å². The van der Waals surface area contributed by atoms with Crippen LogP contribution in [0.25, 0.3) is 42.6 Å². The number of nitrogens with zero attached hydrogens (tertiary/aromatic N) is 1. The second kappa shape index (κ2) is 19.6. The number of aromatic nitrogens is 1. The Hall–Kier alpha value is -2.89. The number of carbonyl (C=O) groups excluding carboxylic acids is 1. The molecule has 3 aromatic carbocycles. The van der Waals surface area contributed by atoms with E-state index >= 15 is 0 Å². The fraction of sp³-hybridized carbons (Fsp3) is 0.447. The van der Waals surface area contributed by atoms with E-state index < -0.39 is 14.9 Å². The van der Waals surface area contributed by atoms with E-state index in [1.165, 1.54) is 40.3 Å². The number of pyridine rings is 1. The van der Waals surface area contributed by atoms with E-state index in [-0.39, 0.29) is 48.9 Å². The average molecular weight is 928 g/mol. The largest absolute Gasteiger partial charge is 0.512 e. The molecular formula is C47H62IrNO2SSi-. The van der Waals surface area contributed by atoms with Crippen LogP contribution >= 0.6 is 11.3 Å². The number of ketones is 1. The Morgan fingerprint density at radius 1 is 0.887 bits per heavy atom. The van der Waals surface area contributed by atoms with Crippen LogP contribution in [0.15, 0.2) is 78.7 Å². The van der Waals surface area contributed by atoms with Gasteiger partial charge in [0.15, 0.2) is 5.78 Å². The van der Waals surface area contributed by atoms with Crippen LogP contribution in [0.2, 0.25) is 18.1 Å². The first kappa shape index (κ1) is 39.8. The number of benzene rings is 3. The predicted molar refractivity (Wildman–Crippen MR) is 231 cm³/mol. The molecule has 1 radical (unpaired) electrons. The number of thiophene rings is 1. The molecule has 0 aliphatic carbocycles. The molecule has 3 nitrogen and oxygen atoms in total. The molecule has 0 fully saturated rings. The number of carbonyl (C=O) groups is 1. The first-order valence-corrected chi connectivity index (χ1v) is 22.9. The molecule has 53 heavy (non-hydrogen) atoms.